The summed E-state index contributed by atoms with van der Waals surface area (Å²) in [7, 11) is 1.76. The second kappa shape index (κ2) is 6.60. The number of carbonyl (C=O) groups excluding carboxylic acids is 1. The number of carbonyl (C=O) groups is 1. The van der Waals surface area contributed by atoms with Crippen molar-refractivity contribution in [3.63, 3.8) is 0 Å². The Morgan fingerprint density at radius 3 is 2.95 bits per heavy atom. The monoisotopic (exact) mass is 308 g/mol. The van der Waals surface area contributed by atoms with Crippen LogP contribution in [0, 0.1) is 0 Å². The Labute approximate surface area is 127 Å². The third kappa shape index (κ3) is 3.74. The zero-order chi connectivity index (χ0) is 15.4. The van der Waals surface area contributed by atoms with E-state index < -0.39 is 6.04 Å². The highest BCUT2D eigenvalue weighted by molar-refractivity contribution is 6.31. The van der Waals surface area contributed by atoms with Crippen LogP contribution in [0.15, 0.2) is 30.6 Å². The molecule has 1 amide bonds. The summed E-state index contributed by atoms with van der Waals surface area (Å²) in [6, 6.07) is 4.22. The van der Waals surface area contributed by atoms with Crippen molar-refractivity contribution in [3.8, 4) is 5.75 Å². The first kappa shape index (κ1) is 15.3. The second-order valence-corrected chi connectivity index (χ2v) is 4.92. The van der Waals surface area contributed by atoms with Gasteiger partial charge in [0.1, 0.15) is 11.8 Å². The Morgan fingerprint density at radius 1 is 1.57 bits per heavy atom. The zero-order valence-corrected chi connectivity index (χ0v) is 12.6. The smallest absolute Gasteiger partial charge is 0.246 e. The number of nitrogens with one attached hydrogen (secondary N) is 1. The van der Waals surface area contributed by atoms with Gasteiger partial charge in [-0.05, 0) is 25.1 Å². The lowest BCUT2D eigenvalue weighted by molar-refractivity contribution is -0.117. The predicted molar refractivity (Wildman–Crippen MR) is 81.4 cm³/mol. The van der Waals surface area contributed by atoms with Crippen molar-refractivity contribution in [2.24, 2.45) is 12.8 Å². The van der Waals surface area contributed by atoms with Crippen molar-refractivity contribution in [2.75, 3.05) is 11.9 Å². The molecule has 0 aliphatic heterocycles. The lowest BCUT2D eigenvalue weighted by atomic mass is 10.1. The topological polar surface area (TPSA) is 82.2 Å². The van der Waals surface area contributed by atoms with Gasteiger partial charge in [0.05, 0.1) is 18.5 Å². The molecule has 7 heteroatoms. The van der Waals surface area contributed by atoms with E-state index in [1.807, 2.05) is 6.92 Å². The van der Waals surface area contributed by atoms with E-state index in [1.165, 1.54) is 0 Å². The molecule has 3 N–H and O–H groups in total. The molecule has 0 spiro atoms. The van der Waals surface area contributed by atoms with E-state index in [4.69, 9.17) is 22.1 Å². The number of amides is 1. The fourth-order valence-corrected chi connectivity index (χ4v) is 2.02. The molecule has 1 aromatic heterocycles. The Morgan fingerprint density at radius 2 is 2.33 bits per heavy atom. The number of aromatic nitrogens is 2. The van der Waals surface area contributed by atoms with E-state index in [-0.39, 0.29) is 5.91 Å². The van der Waals surface area contributed by atoms with Gasteiger partial charge < -0.3 is 15.8 Å². The number of hydrogen-bond donors (Lipinski definition) is 2. The van der Waals surface area contributed by atoms with Crippen molar-refractivity contribution in [2.45, 2.75) is 13.0 Å². The van der Waals surface area contributed by atoms with Crippen molar-refractivity contribution in [3.05, 3.63) is 41.2 Å². The van der Waals surface area contributed by atoms with E-state index in [1.54, 1.807) is 42.3 Å². The predicted octanol–water partition coefficient (Wildman–Crippen LogP) is 2.11. The minimum absolute atomic E-state index is 0.355. The maximum absolute atomic E-state index is 12.2. The first-order valence-corrected chi connectivity index (χ1v) is 6.86. The summed E-state index contributed by atoms with van der Waals surface area (Å²) >= 11 is 5.95. The van der Waals surface area contributed by atoms with E-state index in [9.17, 15) is 4.79 Å². The molecule has 0 aliphatic rings. The van der Waals surface area contributed by atoms with E-state index in [0.717, 1.165) is 0 Å². The van der Waals surface area contributed by atoms with Crippen molar-refractivity contribution in [1.29, 1.82) is 0 Å². The summed E-state index contributed by atoms with van der Waals surface area (Å²) in [5.41, 5.74) is 7.05. The molecule has 112 valence electrons. The maximum atomic E-state index is 12.2. The van der Waals surface area contributed by atoms with Crippen molar-refractivity contribution in [1.82, 2.24) is 9.78 Å². The SMILES string of the molecule is CCOc1ccc(Cl)cc1NC(=O)C(N)c1cnn(C)c1. The van der Waals surface area contributed by atoms with Crippen LogP contribution in [-0.2, 0) is 11.8 Å². The van der Waals surface area contributed by atoms with E-state index in [0.29, 0.717) is 28.6 Å². The lowest BCUT2D eigenvalue weighted by Gasteiger charge is -2.14. The van der Waals surface area contributed by atoms with Crippen LogP contribution >= 0.6 is 11.6 Å². The standard InChI is InChI=1S/C14H17ClN4O2/c1-3-21-12-5-4-10(15)6-11(12)18-14(20)13(16)9-7-17-19(2)8-9/h4-8,13H,3,16H2,1-2H3,(H,18,20). The number of rotatable bonds is 5. The van der Waals surface area contributed by atoms with Gasteiger partial charge in [0.25, 0.3) is 0 Å². The zero-order valence-electron chi connectivity index (χ0n) is 11.8. The summed E-state index contributed by atoms with van der Waals surface area (Å²) in [5, 5.41) is 7.24. The molecule has 1 atom stereocenters. The molecule has 1 unspecified atom stereocenters. The van der Waals surface area contributed by atoms with E-state index in [2.05, 4.69) is 10.4 Å². The molecule has 1 aromatic carbocycles. The average Bonchev–Trinajstić information content (AvgIpc) is 2.87. The molecule has 0 saturated carbocycles. The van der Waals surface area contributed by atoms with Crippen LogP contribution in [-0.4, -0.2) is 22.3 Å². The first-order valence-electron chi connectivity index (χ1n) is 6.48. The second-order valence-electron chi connectivity index (χ2n) is 4.49. The fourth-order valence-electron chi connectivity index (χ4n) is 1.84. The first-order chi connectivity index (χ1) is 10.0. The summed E-state index contributed by atoms with van der Waals surface area (Å²) < 4.78 is 7.04. The van der Waals surface area contributed by atoms with Gasteiger partial charge >= 0.3 is 0 Å². The molecule has 0 aliphatic carbocycles. The highest BCUT2D eigenvalue weighted by Crippen LogP contribution is 2.28. The highest BCUT2D eigenvalue weighted by Gasteiger charge is 2.19. The fraction of sp³-hybridized carbons (Fsp3) is 0.286. The molecule has 1 heterocycles. The molecule has 0 fully saturated rings. The molecule has 21 heavy (non-hydrogen) atoms. The number of nitrogens with zero attached hydrogens (tertiary/aromatic N) is 2. The summed E-state index contributed by atoms with van der Waals surface area (Å²) in [6.45, 7) is 2.35. The molecule has 2 rings (SSSR count). The maximum Gasteiger partial charge on any atom is 0.246 e. The number of nitrogens with two attached hydrogens (primary N) is 1. The molecule has 6 nitrogen and oxygen atoms in total. The van der Waals surface area contributed by atoms with Gasteiger partial charge in [0, 0.05) is 23.8 Å². The average molecular weight is 309 g/mol. The molecule has 0 saturated heterocycles. The van der Waals surface area contributed by atoms with Crippen LogP contribution in [0.1, 0.15) is 18.5 Å². The lowest BCUT2D eigenvalue weighted by Crippen LogP contribution is -2.27. The van der Waals surface area contributed by atoms with Crippen molar-refractivity contribution < 1.29 is 9.53 Å². The van der Waals surface area contributed by atoms with Gasteiger partial charge in [-0.15, -0.1) is 0 Å². The van der Waals surface area contributed by atoms with Gasteiger partial charge in [-0.25, -0.2) is 0 Å². The van der Waals surface area contributed by atoms with Gasteiger partial charge in [-0.1, -0.05) is 11.6 Å². The van der Waals surface area contributed by atoms with Crippen LogP contribution in [0.4, 0.5) is 5.69 Å². The summed E-state index contributed by atoms with van der Waals surface area (Å²) in [6.07, 6.45) is 3.26. The Bertz CT molecular complexity index is 642. The third-order valence-corrected chi connectivity index (χ3v) is 3.10. The van der Waals surface area contributed by atoms with Crippen LogP contribution in [0.5, 0.6) is 5.75 Å². The van der Waals surface area contributed by atoms with Crippen LogP contribution in [0.3, 0.4) is 0 Å². The normalized spacial score (nSPS) is 12.0. The van der Waals surface area contributed by atoms with Crippen molar-refractivity contribution >= 4 is 23.2 Å². The molecular formula is C14H17ClN4O2. The number of aryl methyl sites for hydroxylation is 1. The number of halogens is 1. The number of ether oxygens (including phenoxy) is 1. The highest BCUT2D eigenvalue weighted by atomic mass is 35.5. The van der Waals surface area contributed by atoms with Crippen LogP contribution < -0.4 is 15.8 Å². The minimum Gasteiger partial charge on any atom is -0.492 e. The molecular weight excluding hydrogens is 292 g/mol. The number of benzene rings is 1. The van der Waals surface area contributed by atoms with Gasteiger partial charge in [-0.3, -0.25) is 9.48 Å². The quantitative estimate of drug-likeness (QED) is 0.886. The largest absolute Gasteiger partial charge is 0.492 e. The molecule has 2 aromatic rings. The Balaban J connectivity index is 2.17. The molecule has 0 radical (unpaired) electrons. The summed E-state index contributed by atoms with van der Waals surface area (Å²) in [5.74, 6) is 0.194. The Hall–Kier alpha value is -2.05. The molecule has 0 bridgehead atoms. The summed E-state index contributed by atoms with van der Waals surface area (Å²) in [4.78, 5) is 12.2. The third-order valence-electron chi connectivity index (χ3n) is 2.87. The van der Waals surface area contributed by atoms with Gasteiger partial charge in [0.15, 0.2) is 0 Å². The van der Waals surface area contributed by atoms with E-state index >= 15 is 0 Å². The Kier molecular flexibility index (Phi) is 4.82. The number of anilines is 1. The van der Waals surface area contributed by atoms with Gasteiger partial charge in [0.2, 0.25) is 5.91 Å². The minimum atomic E-state index is -0.813. The number of hydrogen-bond acceptors (Lipinski definition) is 4. The van der Waals surface area contributed by atoms with Gasteiger partial charge in [-0.2, -0.15) is 5.10 Å². The van der Waals surface area contributed by atoms with Crippen LogP contribution in [0.25, 0.3) is 0 Å². The van der Waals surface area contributed by atoms with Crippen LogP contribution in [0.2, 0.25) is 5.02 Å².